The van der Waals surface area contributed by atoms with Crippen LogP contribution in [0.4, 0.5) is 0 Å². The Kier molecular flexibility index (Phi) is 1.82. The summed E-state index contributed by atoms with van der Waals surface area (Å²) < 4.78 is 5.28. The van der Waals surface area contributed by atoms with Gasteiger partial charge in [0.05, 0.1) is 12.3 Å². The van der Waals surface area contributed by atoms with E-state index in [-0.39, 0.29) is 6.10 Å². The highest BCUT2D eigenvalue weighted by Gasteiger charge is 2.03. The molecule has 1 aliphatic heterocycles. The summed E-state index contributed by atoms with van der Waals surface area (Å²) >= 11 is 0. The van der Waals surface area contributed by atoms with E-state index < -0.39 is 0 Å². The van der Waals surface area contributed by atoms with Gasteiger partial charge in [-0.25, -0.2) is 0 Å². The van der Waals surface area contributed by atoms with E-state index in [4.69, 9.17) is 4.74 Å². The van der Waals surface area contributed by atoms with Gasteiger partial charge >= 0.3 is 0 Å². The number of nitrogens with zero attached hydrogens (tertiary/aromatic N) is 2. The predicted molar refractivity (Wildman–Crippen MR) is 34.0 cm³/mol. The van der Waals surface area contributed by atoms with Crippen LogP contribution in [0.2, 0.25) is 0 Å². The van der Waals surface area contributed by atoms with Gasteiger partial charge in [0.1, 0.15) is 12.3 Å². The highest BCUT2D eigenvalue weighted by atomic mass is 16.5. The fourth-order valence-electron chi connectivity index (χ4n) is 0.627. The summed E-state index contributed by atoms with van der Waals surface area (Å²) in [6, 6.07) is 0. The van der Waals surface area contributed by atoms with Crippen LogP contribution in [0.5, 0.6) is 0 Å². The lowest BCUT2D eigenvalue weighted by Gasteiger charge is -2.07. The maximum Gasteiger partial charge on any atom is 0.140 e. The van der Waals surface area contributed by atoms with Crippen LogP contribution in [0.3, 0.4) is 0 Å². The Morgan fingerprint density at radius 2 is 2.44 bits per heavy atom. The number of azo groups is 1. The summed E-state index contributed by atoms with van der Waals surface area (Å²) in [5.74, 6) is 0.866. The lowest BCUT2D eigenvalue weighted by molar-refractivity contribution is 0.147. The first kappa shape index (κ1) is 6.26. The third kappa shape index (κ3) is 1.83. The van der Waals surface area contributed by atoms with Crippen molar-refractivity contribution in [2.45, 2.75) is 20.0 Å². The molecule has 0 aromatic rings. The minimum Gasteiger partial charge on any atom is -0.492 e. The average molecular weight is 126 g/mol. The van der Waals surface area contributed by atoms with Gasteiger partial charge in [-0.05, 0) is 13.8 Å². The Bertz CT molecular complexity index is 149. The van der Waals surface area contributed by atoms with Crippen molar-refractivity contribution in [3.63, 3.8) is 0 Å². The molecule has 0 saturated heterocycles. The molecule has 0 aromatic heterocycles. The van der Waals surface area contributed by atoms with Crippen LogP contribution >= 0.6 is 0 Å². The van der Waals surface area contributed by atoms with Crippen LogP contribution in [0, 0.1) is 0 Å². The molecule has 50 valence electrons. The molecule has 0 spiro atoms. The number of hydrogen-bond donors (Lipinski definition) is 0. The smallest absolute Gasteiger partial charge is 0.140 e. The van der Waals surface area contributed by atoms with Crippen LogP contribution in [-0.4, -0.2) is 12.6 Å². The Balaban J connectivity index is 2.30. The van der Waals surface area contributed by atoms with Gasteiger partial charge in [-0.3, -0.25) is 0 Å². The molecule has 3 nitrogen and oxygen atoms in total. The van der Waals surface area contributed by atoms with Crippen molar-refractivity contribution in [2.75, 3.05) is 6.54 Å². The van der Waals surface area contributed by atoms with Gasteiger partial charge in [0.2, 0.25) is 0 Å². The molecule has 3 heteroatoms. The first-order valence-electron chi connectivity index (χ1n) is 3.01. The van der Waals surface area contributed by atoms with E-state index in [1.807, 2.05) is 13.8 Å². The number of ether oxygens (including phenoxy) is 1. The highest BCUT2D eigenvalue weighted by Crippen LogP contribution is 2.08. The third-order valence-corrected chi connectivity index (χ3v) is 0.897. The van der Waals surface area contributed by atoms with Crippen molar-refractivity contribution in [3.05, 3.63) is 12.0 Å². The monoisotopic (exact) mass is 126 g/mol. The molecule has 1 rings (SSSR count). The summed E-state index contributed by atoms with van der Waals surface area (Å²) in [6.45, 7) is 4.58. The Labute approximate surface area is 54.4 Å². The SMILES string of the molecule is CC(C)OC1=CN=NC1. The Morgan fingerprint density at radius 3 is 2.89 bits per heavy atom. The number of hydrogen-bond acceptors (Lipinski definition) is 3. The summed E-state index contributed by atoms with van der Waals surface area (Å²) in [5.41, 5.74) is 0. The van der Waals surface area contributed by atoms with Gasteiger partial charge in [0, 0.05) is 0 Å². The predicted octanol–water partition coefficient (Wildman–Crippen LogP) is 1.72. The first-order valence-corrected chi connectivity index (χ1v) is 3.01. The lowest BCUT2D eigenvalue weighted by Crippen LogP contribution is -2.02. The van der Waals surface area contributed by atoms with Crippen molar-refractivity contribution >= 4 is 0 Å². The molecule has 0 aliphatic carbocycles. The van der Waals surface area contributed by atoms with E-state index in [1.165, 1.54) is 0 Å². The number of rotatable bonds is 2. The van der Waals surface area contributed by atoms with E-state index in [9.17, 15) is 0 Å². The molecule has 0 N–H and O–H groups in total. The second kappa shape index (κ2) is 2.62. The molecule has 0 radical (unpaired) electrons. The first-order chi connectivity index (χ1) is 4.29. The second-order valence-electron chi connectivity index (χ2n) is 2.18. The fourth-order valence-corrected chi connectivity index (χ4v) is 0.627. The Hall–Kier alpha value is -0.860. The van der Waals surface area contributed by atoms with Crippen LogP contribution in [-0.2, 0) is 4.74 Å². The van der Waals surface area contributed by atoms with Crippen molar-refractivity contribution in [2.24, 2.45) is 10.2 Å². The van der Waals surface area contributed by atoms with Crippen LogP contribution in [0.1, 0.15) is 13.8 Å². The van der Waals surface area contributed by atoms with Gasteiger partial charge in [0.15, 0.2) is 0 Å². The minimum atomic E-state index is 0.236. The van der Waals surface area contributed by atoms with Crippen LogP contribution in [0.15, 0.2) is 22.2 Å². The highest BCUT2D eigenvalue weighted by molar-refractivity contribution is 4.97. The van der Waals surface area contributed by atoms with Crippen molar-refractivity contribution in [1.29, 1.82) is 0 Å². The van der Waals surface area contributed by atoms with E-state index in [1.54, 1.807) is 6.20 Å². The average Bonchev–Trinajstić information content (AvgIpc) is 2.15. The molecule has 0 bridgehead atoms. The molecular formula is C6H10N2O. The van der Waals surface area contributed by atoms with Crippen molar-refractivity contribution < 1.29 is 4.74 Å². The molecule has 0 unspecified atom stereocenters. The third-order valence-electron chi connectivity index (χ3n) is 0.897. The van der Waals surface area contributed by atoms with E-state index >= 15 is 0 Å². The van der Waals surface area contributed by atoms with Crippen LogP contribution < -0.4 is 0 Å². The maximum atomic E-state index is 5.28. The normalized spacial score (nSPS) is 16.6. The van der Waals surface area contributed by atoms with Gasteiger partial charge in [-0.2, -0.15) is 10.2 Å². The standard InChI is InChI=1S/C6H10N2O/c1-5(2)9-6-3-7-8-4-6/h3,5H,4H2,1-2H3. The topological polar surface area (TPSA) is 34.0 Å². The zero-order chi connectivity index (χ0) is 6.69. The molecule has 0 fully saturated rings. The molecule has 9 heavy (non-hydrogen) atoms. The summed E-state index contributed by atoms with van der Waals surface area (Å²) in [6.07, 6.45) is 1.89. The van der Waals surface area contributed by atoms with Crippen molar-refractivity contribution in [1.82, 2.24) is 0 Å². The molecule has 0 atom stereocenters. The molecular weight excluding hydrogens is 116 g/mol. The van der Waals surface area contributed by atoms with Gasteiger partial charge in [-0.1, -0.05) is 0 Å². The maximum absolute atomic E-state index is 5.28. The molecule has 0 saturated carbocycles. The zero-order valence-electron chi connectivity index (χ0n) is 5.66. The fraction of sp³-hybridized carbons (Fsp3) is 0.667. The molecule has 0 aromatic carbocycles. The lowest BCUT2D eigenvalue weighted by atomic mass is 10.4. The Morgan fingerprint density at radius 1 is 1.67 bits per heavy atom. The zero-order valence-corrected chi connectivity index (χ0v) is 5.66. The second-order valence-corrected chi connectivity index (χ2v) is 2.18. The van der Waals surface area contributed by atoms with E-state index in [0.717, 1.165) is 5.76 Å². The van der Waals surface area contributed by atoms with Crippen LogP contribution in [0.25, 0.3) is 0 Å². The quantitative estimate of drug-likeness (QED) is 0.554. The minimum absolute atomic E-state index is 0.236. The van der Waals surface area contributed by atoms with Crippen molar-refractivity contribution in [3.8, 4) is 0 Å². The van der Waals surface area contributed by atoms with E-state index in [0.29, 0.717) is 6.54 Å². The van der Waals surface area contributed by atoms with E-state index in [2.05, 4.69) is 10.2 Å². The summed E-state index contributed by atoms with van der Waals surface area (Å²) in [7, 11) is 0. The molecule has 1 heterocycles. The van der Waals surface area contributed by atoms with Gasteiger partial charge in [0.25, 0.3) is 0 Å². The molecule has 1 aliphatic rings. The van der Waals surface area contributed by atoms with Gasteiger partial charge < -0.3 is 4.74 Å². The molecule has 0 amide bonds. The summed E-state index contributed by atoms with van der Waals surface area (Å²) in [4.78, 5) is 0. The largest absolute Gasteiger partial charge is 0.492 e. The van der Waals surface area contributed by atoms with Gasteiger partial charge in [-0.15, -0.1) is 0 Å². The summed E-state index contributed by atoms with van der Waals surface area (Å²) in [5, 5.41) is 7.38.